The Bertz CT molecular complexity index is 126. The van der Waals surface area contributed by atoms with Crippen molar-refractivity contribution in [3.63, 3.8) is 0 Å². The van der Waals surface area contributed by atoms with Gasteiger partial charge in [0.05, 0.1) is 0 Å². The summed E-state index contributed by atoms with van der Waals surface area (Å²) in [6.45, 7) is 4.60. The van der Waals surface area contributed by atoms with Crippen LogP contribution in [0.15, 0.2) is 5.11 Å². The van der Waals surface area contributed by atoms with Gasteiger partial charge in [-0.2, -0.15) is 0 Å². The molecule has 0 spiro atoms. The second-order valence-corrected chi connectivity index (χ2v) is 2.80. The van der Waals surface area contributed by atoms with E-state index < -0.39 is 0 Å². The van der Waals surface area contributed by atoms with E-state index in [9.17, 15) is 0 Å². The summed E-state index contributed by atoms with van der Waals surface area (Å²) in [5.74, 6) is 0.573. The number of hydrogen-bond acceptors (Lipinski definition) is 2. The van der Waals surface area contributed by atoms with E-state index in [-0.39, 0.29) is 6.04 Å². The van der Waals surface area contributed by atoms with Crippen molar-refractivity contribution in [2.45, 2.75) is 26.3 Å². The molecule has 0 aliphatic heterocycles. The third kappa shape index (κ3) is 5.41. The molecule has 0 aliphatic carbocycles. The van der Waals surface area contributed by atoms with Gasteiger partial charge in [0, 0.05) is 17.5 Å². The molecule has 0 aromatic rings. The zero-order chi connectivity index (χ0) is 7.98. The monoisotopic (exact) mass is 142 g/mol. The Morgan fingerprint density at radius 1 is 1.60 bits per heavy atom. The number of azide groups is 1. The third-order valence-electron chi connectivity index (χ3n) is 1.15. The lowest BCUT2D eigenvalue weighted by Gasteiger charge is -2.09. The maximum Gasteiger partial charge on any atom is 0.0409 e. The minimum atomic E-state index is 0.0240. The summed E-state index contributed by atoms with van der Waals surface area (Å²) in [6, 6.07) is 0.0240. The van der Waals surface area contributed by atoms with Crippen LogP contribution in [0, 0.1) is 5.92 Å². The first-order chi connectivity index (χ1) is 4.66. The highest BCUT2D eigenvalue weighted by atomic mass is 15.1. The van der Waals surface area contributed by atoms with Gasteiger partial charge in [-0.3, -0.25) is 0 Å². The average molecular weight is 142 g/mol. The summed E-state index contributed by atoms with van der Waals surface area (Å²) < 4.78 is 0. The summed E-state index contributed by atoms with van der Waals surface area (Å²) in [6.07, 6.45) is 0.916. The standard InChI is InChI=1S/C6H14N4/c1-5(2)3-6(7)4-9-10-8/h5-6H,3-4,7H2,1-2H3. The molecule has 0 aromatic carbocycles. The van der Waals surface area contributed by atoms with Gasteiger partial charge in [-0.25, -0.2) is 0 Å². The van der Waals surface area contributed by atoms with Crippen LogP contribution in [-0.2, 0) is 0 Å². The average Bonchev–Trinajstić information content (AvgIpc) is 1.82. The van der Waals surface area contributed by atoms with Gasteiger partial charge in [0.1, 0.15) is 0 Å². The Hall–Kier alpha value is -0.730. The Kier molecular flexibility index (Phi) is 4.72. The summed E-state index contributed by atoms with van der Waals surface area (Å²) >= 11 is 0. The Labute approximate surface area is 61.0 Å². The zero-order valence-corrected chi connectivity index (χ0v) is 6.49. The van der Waals surface area contributed by atoms with Gasteiger partial charge in [-0.1, -0.05) is 19.0 Å². The van der Waals surface area contributed by atoms with E-state index in [4.69, 9.17) is 11.3 Å². The van der Waals surface area contributed by atoms with E-state index in [2.05, 4.69) is 23.9 Å². The van der Waals surface area contributed by atoms with E-state index in [1.54, 1.807) is 0 Å². The highest BCUT2D eigenvalue weighted by molar-refractivity contribution is 4.66. The molecule has 58 valence electrons. The minimum Gasteiger partial charge on any atom is -0.328 e. The third-order valence-corrected chi connectivity index (χ3v) is 1.15. The molecule has 2 N–H and O–H groups in total. The molecule has 4 heteroatoms. The van der Waals surface area contributed by atoms with Crippen molar-refractivity contribution in [3.05, 3.63) is 10.4 Å². The lowest BCUT2D eigenvalue weighted by Crippen LogP contribution is -2.24. The fourth-order valence-electron chi connectivity index (χ4n) is 0.821. The predicted molar refractivity (Wildman–Crippen MR) is 41.4 cm³/mol. The topological polar surface area (TPSA) is 74.8 Å². The Balaban J connectivity index is 3.42. The molecular formula is C6H14N4. The fourth-order valence-corrected chi connectivity index (χ4v) is 0.821. The maximum atomic E-state index is 7.95. The van der Waals surface area contributed by atoms with Crippen LogP contribution >= 0.6 is 0 Å². The van der Waals surface area contributed by atoms with Gasteiger partial charge in [-0.05, 0) is 17.9 Å². The SMILES string of the molecule is CC(C)CC(N)CN=[N+]=[N-]. The summed E-state index contributed by atoms with van der Waals surface area (Å²) in [4.78, 5) is 2.63. The molecule has 0 amide bonds. The fraction of sp³-hybridized carbons (Fsp3) is 1.00. The molecule has 0 aromatic heterocycles. The highest BCUT2D eigenvalue weighted by Gasteiger charge is 2.02. The van der Waals surface area contributed by atoms with Gasteiger partial charge in [0.2, 0.25) is 0 Å². The Morgan fingerprint density at radius 2 is 2.20 bits per heavy atom. The van der Waals surface area contributed by atoms with Crippen molar-refractivity contribution in [1.29, 1.82) is 0 Å². The number of nitrogens with zero attached hydrogens (tertiary/aromatic N) is 3. The van der Waals surface area contributed by atoms with Crippen LogP contribution in [-0.4, -0.2) is 12.6 Å². The van der Waals surface area contributed by atoms with Crippen LogP contribution < -0.4 is 5.73 Å². The van der Waals surface area contributed by atoms with Crippen LogP contribution in [0.25, 0.3) is 10.4 Å². The van der Waals surface area contributed by atoms with Crippen LogP contribution in [0.3, 0.4) is 0 Å². The molecule has 0 rings (SSSR count). The Morgan fingerprint density at radius 3 is 2.60 bits per heavy atom. The van der Waals surface area contributed by atoms with E-state index >= 15 is 0 Å². The molecule has 0 aliphatic rings. The summed E-state index contributed by atoms with van der Waals surface area (Å²) in [5, 5.41) is 3.38. The van der Waals surface area contributed by atoms with Crippen molar-refractivity contribution in [3.8, 4) is 0 Å². The summed E-state index contributed by atoms with van der Waals surface area (Å²) in [7, 11) is 0. The maximum absolute atomic E-state index is 7.95. The highest BCUT2D eigenvalue weighted by Crippen LogP contribution is 2.02. The molecule has 1 unspecified atom stereocenters. The normalized spacial score (nSPS) is 12.8. The number of nitrogens with two attached hydrogens (primary N) is 1. The van der Waals surface area contributed by atoms with Crippen LogP contribution in [0.2, 0.25) is 0 Å². The molecule has 1 atom stereocenters. The second kappa shape index (κ2) is 5.09. The number of rotatable bonds is 4. The second-order valence-electron chi connectivity index (χ2n) is 2.80. The zero-order valence-electron chi connectivity index (χ0n) is 6.49. The molecule has 0 saturated heterocycles. The first-order valence-electron chi connectivity index (χ1n) is 3.43. The molecule has 0 fully saturated rings. The largest absolute Gasteiger partial charge is 0.328 e. The van der Waals surface area contributed by atoms with Gasteiger partial charge >= 0.3 is 0 Å². The molecule has 0 heterocycles. The van der Waals surface area contributed by atoms with Crippen molar-refractivity contribution in [2.24, 2.45) is 16.8 Å². The predicted octanol–water partition coefficient (Wildman–Crippen LogP) is 1.67. The quantitative estimate of drug-likeness (QED) is 0.362. The van der Waals surface area contributed by atoms with E-state index in [0.29, 0.717) is 12.5 Å². The van der Waals surface area contributed by atoms with Gasteiger partial charge in [-0.15, -0.1) is 0 Å². The molecule has 0 saturated carbocycles. The summed E-state index contributed by atoms with van der Waals surface area (Å²) in [5.41, 5.74) is 13.5. The first-order valence-corrected chi connectivity index (χ1v) is 3.43. The van der Waals surface area contributed by atoms with Crippen molar-refractivity contribution < 1.29 is 0 Å². The minimum absolute atomic E-state index is 0.0240. The van der Waals surface area contributed by atoms with Gasteiger partial charge in [0.25, 0.3) is 0 Å². The van der Waals surface area contributed by atoms with Crippen molar-refractivity contribution >= 4 is 0 Å². The molecule has 0 bridgehead atoms. The van der Waals surface area contributed by atoms with Gasteiger partial charge < -0.3 is 5.73 Å². The van der Waals surface area contributed by atoms with Crippen LogP contribution in [0.4, 0.5) is 0 Å². The van der Waals surface area contributed by atoms with Crippen LogP contribution in [0.1, 0.15) is 20.3 Å². The van der Waals surface area contributed by atoms with E-state index in [1.807, 2.05) is 0 Å². The lowest BCUT2D eigenvalue weighted by atomic mass is 10.1. The lowest BCUT2D eigenvalue weighted by molar-refractivity contribution is 0.500. The number of hydrogen-bond donors (Lipinski definition) is 1. The molecule has 0 radical (unpaired) electrons. The van der Waals surface area contributed by atoms with Crippen LogP contribution in [0.5, 0.6) is 0 Å². The smallest absolute Gasteiger partial charge is 0.0409 e. The first kappa shape index (κ1) is 9.27. The van der Waals surface area contributed by atoms with Crippen molar-refractivity contribution in [2.75, 3.05) is 6.54 Å². The molecule has 4 nitrogen and oxygen atoms in total. The van der Waals surface area contributed by atoms with Crippen molar-refractivity contribution in [1.82, 2.24) is 0 Å². The molecular weight excluding hydrogens is 128 g/mol. The van der Waals surface area contributed by atoms with E-state index in [1.165, 1.54) is 0 Å². The van der Waals surface area contributed by atoms with Gasteiger partial charge in [0.15, 0.2) is 0 Å². The van der Waals surface area contributed by atoms with E-state index in [0.717, 1.165) is 6.42 Å². The molecule has 10 heavy (non-hydrogen) atoms.